The van der Waals surface area contributed by atoms with Crippen LogP contribution >= 0.6 is 11.8 Å². The largest absolute Gasteiger partial charge is 0.418 e. The molecule has 4 nitrogen and oxygen atoms in total. The van der Waals surface area contributed by atoms with E-state index in [2.05, 4.69) is 15.6 Å². The average molecular weight is 317 g/mol. The molecule has 2 N–H and O–H groups in total. The van der Waals surface area contributed by atoms with Gasteiger partial charge in [0.1, 0.15) is 0 Å². The van der Waals surface area contributed by atoms with E-state index in [9.17, 15) is 18.0 Å². The second-order valence-electron chi connectivity index (χ2n) is 4.41. The normalized spacial score (nSPS) is 16.1. The summed E-state index contributed by atoms with van der Waals surface area (Å²) in [7, 11) is 0. The van der Waals surface area contributed by atoms with Gasteiger partial charge < -0.3 is 10.6 Å². The summed E-state index contributed by atoms with van der Waals surface area (Å²) in [4.78, 5) is 16.1. The van der Waals surface area contributed by atoms with E-state index in [0.717, 1.165) is 6.07 Å². The molecule has 0 unspecified atom stereocenters. The van der Waals surface area contributed by atoms with Crippen LogP contribution in [0.15, 0.2) is 29.3 Å². The van der Waals surface area contributed by atoms with Gasteiger partial charge >= 0.3 is 6.18 Å². The van der Waals surface area contributed by atoms with Crippen molar-refractivity contribution in [3.8, 4) is 0 Å². The van der Waals surface area contributed by atoms with Crippen LogP contribution in [0.2, 0.25) is 0 Å². The molecule has 1 aliphatic heterocycles. The summed E-state index contributed by atoms with van der Waals surface area (Å²) in [5.41, 5.74) is -1.09. The number of hydrogen-bond acceptors (Lipinski definition) is 4. The van der Waals surface area contributed by atoms with Gasteiger partial charge in [-0.1, -0.05) is 23.9 Å². The second-order valence-corrected chi connectivity index (χ2v) is 5.74. The highest BCUT2D eigenvalue weighted by Crippen LogP contribution is 2.34. The summed E-state index contributed by atoms with van der Waals surface area (Å²) in [6.45, 7) is 2.99. The number of carbonyl (C=O) groups is 1. The zero-order valence-corrected chi connectivity index (χ0v) is 12.0. The Bertz CT molecular complexity index is 560. The molecule has 0 aliphatic carbocycles. The van der Waals surface area contributed by atoms with Gasteiger partial charge in [0.15, 0.2) is 5.17 Å². The molecule has 21 heavy (non-hydrogen) atoms. The molecule has 8 heteroatoms. The summed E-state index contributed by atoms with van der Waals surface area (Å²) >= 11 is 1.19. The summed E-state index contributed by atoms with van der Waals surface area (Å²) in [5, 5.41) is 5.42. The van der Waals surface area contributed by atoms with Crippen LogP contribution in [0.5, 0.6) is 0 Å². The van der Waals surface area contributed by atoms with Crippen molar-refractivity contribution in [2.45, 2.75) is 18.3 Å². The lowest BCUT2D eigenvalue weighted by atomic mass is 10.1. The highest BCUT2D eigenvalue weighted by Gasteiger charge is 2.34. The molecule has 0 fully saturated rings. The van der Waals surface area contributed by atoms with Gasteiger partial charge in [-0.25, -0.2) is 0 Å². The minimum Gasteiger partial charge on any atom is -0.363 e. The van der Waals surface area contributed by atoms with Crippen molar-refractivity contribution in [2.75, 3.05) is 18.4 Å². The maximum Gasteiger partial charge on any atom is 0.418 e. The molecule has 0 saturated carbocycles. The standard InChI is InChI=1S/C13H14F3N3OS/c1-8(21-12-17-6-7-18-12)11(20)19-10-5-3-2-4-9(10)13(14,15)16/h2-5,8H,6-7H2,1H3,(H,17,18)(H,19,20)/t8-/m1/s1. The van der Waals surface area contributed by atoms with Gasteiger partial charge in [-0.05, 0) is 19.1 Å². The van der Waals surface area contributed by atoms with Crippen molar-refractivity contribution in [2.24, 2.45) is 4.99 Å². The molecule has 0 bridgehead atoms. The Kier molecular flexibility index (Phi) is 4.76. The van der Waals surface area contributed by atoms with Gasteiger partial charge in [0.25, 0.3) is 0 Å². The molecule has 0 aromatic heterocycles. The van der Waals surface area contributed by atoms with Crippen molar-refractivity contribution in [3.05, 3.63) is 29.8 Å². The van der Waals surface area contributed by atoms with Gasteiger partial charge in [-0.2, -0.15) is 13.2 Å². The summed E-state index contributed by atoms with van der Waals surface area (Å²) in [6.07, 6.45) is -4.50. The van der Waals surface area contributed by atoms with E-state index in [1.165, 1.54) is 30.0 Å². The number of nitrogens with one attached hydrogen (secondary N) is 2. The summed E-state index contributed by atoms with van der Waals surface area (Å²) in [5.74, 6) is -0.492. The number of para-hydroxylation sites is 1. The number of rotatable bonds is 3. The maximum absolute atomic E-state index is 12.8. The summed E-state index contributed by atoms with van der Waals surface area (Å²) in [6, 6.07) is 4.92. The third kappa shape index (κ3) is 4.13. The van der Waals surface area contributed by atoms with E-state index in [1.54, 1.807) is 6.92 Å². The molecule has 1 atom stereocenters. The molecule has 1 heterocycles. The first-order chi connectivity index (χ1) is 9.88. The average Bonchev–Trinajstić information content (AvgIpc) is 2.91. The van der Waals surface area contributed by atoms with Gasteiger partial charge in [0.05, 0.1) is 23.0 Å². The number of nitrogens with zero attached hydrogens (tertiary/aromatic N) is 1. The van der Waals surface area contributed by atoms with Gasteiger partial charge in [-0.3, -0.25) is 9.79 Å². The quantitative estimate of drug-likeness (QED) is 0.901. The molecule has 1 aliphatic rings. The van der Waals surface area contributed by atoms with E-state index in [-0.39, 0.29) is 5.69 Å². The van der Waals surface area contributed by atoms with Gasteiger partial charge in [-0.15, -0.1) is 0 Å². The monoisotopic (exact) mass is 317 g/mol. The number of benzene rings is 1. The predicted molar refractivity (Wildman–Crippen MR) is 77.4 cm³/mol. The Morgan fingerprint density at radius 3 is 2.76 bits per heavy atom. The molecular weight excluding hydrogens is 303 g/mol. The highest BCUT2D eigenvalue weighted by atomic mass is 32.2. The first-order valence-corrected chi connectivity index (χ1v) is 7.18. The Hall–Kier alpha value is -1.70. The zero-order chi connectivity index (χ0) is 15.5. The number of amidine groups is 1. The van der Waals surface area contributed by atoms with Crippen molar-refractivity contribution in [1.82, 2.24) is 5.32 Å². The minimum absolute atomic E-state index is 0.233. The van der Waals surface area contributed by atoms with Crippen molar-refractivity contribution >= 4 is 28.5 Å². The number of aliphatic imine (C=N–C) groups is 1. The Morgan fingerprint density at radius 1 is 1.43 bits per heavy atom. The smallest absolute Gasteiger partial charge is 0.363 e. The fraction of sp³-hybridized carbons (Fsp3) is 0.385. The lowest BCUT2D eigenvalue weighted by Crippen LogP contribution is -2.27. The SMILES string of the molecule is C[C@@H](SC1=NCCN1)C(=O)Nc1ccccc1C(F)(F)F. The Balaban J connectivity index is 2.05. The van der Waals surface area contributed by atoms with Crippen molar-refractivity contribution in [3.63, 3.8) is 0 Å². The first-order valence-electron chi connectivity index (χ1n) is 6.30. The second kappa shape index (κ2) is 6.38. The number of anilines is 1. The number of amides is 1. The lowest BCUT2D eigenvalue weighted by molar-refractivity contribution is -0.137. The van der Waals surface area contributed by atoms with E-state index < -0.39 is 22.9 Å². The van der Waals surface area contributed by atoms with E-state index >= 15 is 0 Å². The van der Waals surface area contributed by atoms with Crippen molar-refractivity contribution < 1.29 is 18.0 Å². The maximum atomic E-state index is 12.8. The molecule has 0 spiro atoms. The van der Waals surface area contributed by atoms with E-state index in [1.807, 2.05) is 0 Å². The van der Waals surface area contributed by atoms with Crippen LogP contribution in [0.3, 0.4) is 0 Å². The number of alkyl halides is 3. The predicted octanol–water partition coefficient (Wildman–Crippen LogP) is 2.72. The Morgan fingerprint density at radius 2 is 2.14 bits per heavy atom. The molecule has 114 valence electrons. The molecule has 0 radical (unpaired) electrons. The fourth-order valence-electron chi connectivity index (χ4n) is 1.75. The van der Waals surface area contributed by atoms with Crippen molar-refractivity contribution in [1.29, 1.82) is 0 Å². The van der Waals surface area contributed by atoms with Crippen LogP contribution in [-0.4, -0.2) is 29.4 Å². The number of carbonyl (C=O) groups excluding carboxylic acids is 1. The lowest BCUT2D eigenvalue weighted by Gasteiger charge is -2.16. The summed E-state index contributed by atoms with van der Waals surface area (Å²) < 4.78 is 38.5. The molecule has 1 aromatic rings. The van der Waals surface area contributed by atoms with E-state index in [0.29, 0.717) is 18.3 Å². The number of thioether (sulfide) groups is 1. The van der Waals surface area contributed by atoms with Crippen LogP contribution in [-0.2, 0) is 11.0 Å². The Labute approximate surface area is 124 Å². The molecule has 2 rings (SSSR count). The van der Waals surface area contributed by atoms with Crippen LogP contribution in [0.4, 0.5) is 18.9 Å². The zero-order valence-electron chi connectivity index (χ0n) is 11.2. The third-order valence-corrected chi connectivity index (χ3v) is 3.86. The van der Waals surface area contributed by atoms with Crippen LogP contribution in [0, 0.1) is 0 Å². The van der Waals surface area contributed by atoms with Crippen LogP contribution < -0.4 is 10.6 Å². The highest BCUT2D eigenvalue weighted by molar-refractivity contribution is 8.14. The van der Waals surface area contributed by atoms with Gasteiger partial charge in [0, 0.05) is 6.54 Å². The van der Waals surface area contributed by atoms with Crippen LogP contribution in [0.1, 0.15) is 12.5 Å². The first kappa shape index (κ1) is 15.7. The fourth-order valence-corrected chi connectivity index (χ4v) is 2.60. The third-order valence-electron chi connectivity index (χ3n) is 2.79. The molecule has 0 saturated heterocycles. The van der Waals surface area contributed by atoms with E-state index in [4.69, 9.17) is 0 Å². The van der Waals surface area contributed by atoms with Gasteiger partial charge in [0.2, 0.25) is 5.91 Å². The molecular formula is C13H14F3N3OS. The van der Waals surface area contributed by atoms with Crippen LogP contribution in [0.25, 0.3) is 0 Å². The number of hydrogen-bond donors (Lipinski definition) is 2. The number of halogens is 3. The molecule has 1 aromatic carbocycles. The topological polar surface area (TPSA) is 53.5 Å². The minimum atomic E-state index is -4.50. The molecule has 1 amide bonds.